The summed E-state index contributed by atoms with van der Waals surface area (Å²) in [6, 6.07) is 7.62. The Morgan fingerprint density at radius 2 is 2.13 bits per heavy atom. The molecule has 2 unspecified atom stereocenters. The molecule has 2 aromatic rings. The maximum atomic E-state index is 13.5. The van der Waals surface area contributed by atoms with Crippen LogP contribution in [-0.4, -0.2) is 28.6 Å². The summed E-state index contributed by atoms with van der Waals surface area (Å²) in [4.78, 5) is 14.6. The number of amides is 1. The Hall–Kier alpha value is -2.14. The minimum Gasteiger partial charge on any atom is -0.468 e. The number of halogens is 1. The monoisotopic (exact) mass is 315 g/mol. The molecule has 2 heterocycles. The van der Waals surface area contributed by atoms with Crippen LogP contribution in [0.1, 0.15) is 52.9 Å². The normalized spacial score (nSPS) is 24.2. The fourth-order valence-corrected chi connectivity index (χ4v) is 3.38. The summed E-state index contributed by atoms with van der Waals surface area (Å²) in [5.41, 5.74) is 1.29. The molecule has 120 valence electrons. The molecular formula is C18H18FNO3. The first-order chi connectivity index (χ1) is 11.1. The number of carbonyl (C=O) groups excluding carboxylic acids is 1. The largest absolute Gasteiger partial charge is 0.468 e. The molecule has 4 nitrogen and oxygen atoms in total. The van der Waals surface area contributed by atoms with Crippen molar-refractivity contribution in [2.75, 3.05) is 6.54 Å². The van der Waals surface area contributed by atoms with E-state index >= 15 is 0 Å². The van der Waals surface area contributed by atoms with Crippen LogP contribution in [0, 0.1) is 5.82 Å². The number of hydrogen-bond acceptors (Lipinski definition) is 3. The predicted molar refractivity (Wildman–Crippen MR) is 81.5 cm³/mol. The number of carbonyl (C=O) groups is 1. The SMILES string of the molecule is O=C(c1ccoc1C1CC1)N1CC(O)CC1c1cccc(F)c1. The lowest BCUT2D eigenvalue weighted by atomic mass is 10.0. The quantitative estimate of drug-likeness (QED) is 0.946. The van der Waals surface area contributed by atoms with Gasteiger partial charge in [0.25, 0.3) is 5.91 Å². The van der Waals surface area contributed by atoms with Crippen molar-refractivity contribution >= 4 is 5.91 Å². The third-order valence-corrected chi connectivity index (χ3v) is 4.65. The van der Waals surface area contributed by atoms with E-state index in [1.807, 2.05) is 0 Å². The van der Waals surface area contributed by atoms with Crippen LogP contribution in [0.25, 0.3) is 0 Å². The molecule has 1 aromatic carbocycles. The molecule has 5 heteroatoms. The van der Waals surface area contributed by atoms with Crippen LogP contribution in [0.4, 0.5) is 4.39 Å². The van der Waals surface area contributed by atoms with E-state index in [1.54, 1.807) is 29.4 Å². The molecule has 1 aliphatic heterocycles. The van der Waals surface area contributed by atoms with E-state index in [9.17, 15) is 14.3 Å². The summed E-state index contributed by atoms with van der Waals surface area (Å²) < 4.78 is 19.0. The first-order valence-corrected chi connectivity index (χ1v) is 7.95. The minimum absolute atomic E-state index is 0.147. The summed E-state index contributed by atoms with van der Waals surface area (Å²) in [6.07, 6.45) is 3.47. The Kier molecular flexibility index (Phi) is 3.45. The van der Waals surface area contributed by atoms with Gasteiger partial charge in [-0.3, -0.25) is 4.79 Å². The van der Waals surface area contributed by atoms with Gasteiger partial charge < -0.3 is 14.4 Å². The van der Waals surface area contributed by atoms with Gasteiger partial charge in [0.1, 0.15) is 11.6 Å². The molecule has 4 rings (SSSR count). The first kappa shape index (κ1) is 14.5. The Morgan fingerprint density at radius 3 is 2.87 bits per heavy atom. The van der Waals surface area contributed by atoms with Crippen molar-refractivity contribution in [2.24, 2.45) is 0 Å². The molecule has 2 fully saturated rings. The number of hydrogen-bond donors (Lipinski definition) is 1. The van der Waals surface area contributed by atoms with Crippen molar-refractivity contribution in [3.05, 3.63) is 59.3 Å². The van der Waals surface area contributed by atoms with Gasteiger partial charge >= 0.3 is 0 Å². The maximum absolute atomic E-state index is 13.5. The minimum atomic E-state index is -0.594. The van der Waals surface area contributed by atoms with Gasteiger partial charge in [-0.05, 0) is 43.0 Å². The zero-order chi connectivity index (χ0) is 16.0. The van der Waals surface area contributed by atoms with Crippen molar-refractivity contribution < 1.29 is 18.7 Å². The zero-order valence-electron chi connectivity index (χ0n) is 12.6. The Morgan fingerprint density at radius 1 is 1.30 bits per heavy atom. The topological polar surface area (TPSA) is 53.7 Å². The van der Waals surface area contributed by atoms with E-state index in [0.717, 1.165) is 18.6 Å². The van der Waals surface area contributed by atoms with Crippen LogP contribution in [0.15, 0.2) is 41.0 Å². The van der Waals surface area contributed by atoms with Gasteiger partial charge in [-0.1, -0.05) is 12.1 Å². The highest BCUT2D eigenvalue weighted by molar-refractivity contribution is 5.96. The molecule has 1 amide bonds. The van der Waals surface area contributed by atoms with Crippen LogP contribution < -0.4 is 0 Å². The molecule has 0 spiro atoms. The Balaban J connectivity index is 1.65. The molecule has 1 N–H and O–H groups in total. The molecule has 1 saturated carbocycles. The second-order valence-electron chi connectivity index (χ2n) is 6.39. The average molecular weight is 315 g/mol. The molecule has 1 aromatic heterocycles. The number of rotatable bonds is 3. The summed E-state index contributed by atoms with van der Waals surface area (Å²) >= 11 is 0. The fourth-order valence-electron chi connectivity index (χ4n) is 3.38. The third-order valence-electron chi connectivity index (χ3n) is 4.65. The Bertz CT molecular complexity index is 737. The summed E-state index contributed by atoms with van der Waals surface area (Å²) in [5, 5.41) is 10.0. The van der Waals surface area contributed by atoms with E-state index in [-0.39, 0.29) is 24.3 Å². The first-order valence-electron chi connectivity index (χ1n) is 7.95. The molecule has 23 heavy (non-hydrogen) atoms. The van der Waals surface area contributed by atoms with Crippen molar-refractivity contribution in [3.8, 4) is 0 Å². The van der Waals surface area contributed by atoms with E-state index in [4.69, 9.17) is 4.42 Å². The van der Waals surface area contributed by atoms with E-state index < -0.39 is 6.10 Å². The molecule has 1 aliphatic carbocycles. The number of likely N-dealkylation sites (tertiary alicyclic amines) is 1. The van der Waals surface area contributed by atoms with Gasteiger partial charge in [0.05, 0.1) is 24.0 Å². The number of furan rings is 1. The van der Waals surface area contributed by atoms with Crippen LogP contribution in [0.3, 0.4) is 0 Å². The molecule has 0 radical (unpaired) electrons. The smallest absolute Gasteiger partial charge is 0.258 e. The van der Waals surface area contributed by atoms with Crippen LogP contribution in [0.5, 0.6) is 0 Å². The second kappa shape index (κ2) is 5.49. The number of benzene rings is 1. The lowest BCUT2D eigenvalue weighted by Crippen LogP contribution is -2.32. The van der Waals surface area contributed by atoms with Crippen LogP contribution in [-0.2, 0) is 0 Å². The summed E-state index contributed by atoms with van der Waals surface area (Å²) in [6.45, 7) is 0.259. The summed E-state index contributed by atoms with van der Waals surface area (Å²) in [7, 11) is 0. The van der Waals surface area contributed by atoms with Crippen LogP contribution >= 0.6 is 0 Å². The van der Waals surface area contributed by atoms with E-state index in [0.29, 0.717) is 23.5 Å². The highest BCUT2D eigenvalue weighted by atomic mass is 19.1. The standard InChI is InChI=1S/C18H18FNO3/c19-13-3-1-2-12(8-13)16-9-14(21)10-20(16)18(22)15-6-7-23-17(15)11-4-5-11/h1-3,6-8,11,14,16,21H,4-5,9-10H2. The van der Waals surface area contributed by atoms with Crippen LogP contribution in [0.2, 0.25) is 0 Å². The van der Waals surface area contributed by atoms with Crippen molar-refractivity contribution in [2.45, 2.75) is 37.3 Å². The number of aliphatic hydroxyl groups is 1. The number of β-amino-alcohol motifs (C(OH)–C–C–N with tert-alkyl or cyclic N) is 1. The van der Waals surface area contributed by atoms with Gasteiger partial charge in [-0.25, -0.2) is 4.39 Å². The molecule has 0 bridgehead atoms. The molecule has 2 atom stereocenters. The van der Waals surface area contributed by atoms with Gasteiger partial charge in [-0.15, -0.1) is 0 Å². The second-order valence-corrected chi connectivity index (χ2v) is 6.39. The van der Waals surface area contributed by atoms with Gasteiger partial charge in [0.15, 0.2) is 0 Å². The van der Waals surface area contributed by atoms with E-state index in [2.05, 4.69) is 0 Å². The zero-order valence-corrected chi connectivity index (χ0v) is 12.6. The highest BCUT2D eigenvalue weighted by Gasteiger charge is 2.39. The van der Waals surface area contributed by atoms with Gasteiger partial charge in [-0.2, -0.15) is 0 Å². The van der Waals surface area contributed by atoms with Crippen molar-refractivity contribution in [1.82, 2.24) is 4.90 Å². The van der Waals surface area contributed by atoms with Gasteiger partial charge in [0, 0.05) is 12.5 Å². The third kappa shape index (κ3) is 2.65. The highest BCUT2D eigenvalue weighted by Crippen LogP contribution is 2.43. The lowest BCUT2D eigenvalue weighted by molar-refractivity contribution is 0.0713. The van der Waals surface area contributed by atoms with Crippen molar-refractivity contribution in [1.29, 1.82) is 0 Å². The number of aliphatic hydroxyl groups excluding tert-OH is 1. The molecule has 1 saturated heterocycles. The fraction of sp³-hybridized carbons (Fsp3) is 0.389. The predicted octanol–water partition coefficient (Wildman–Crippen LogP) is 3.24. The maximum Gasteiger partial charge on any atom is 0.258 e. The van der Waals surface area contributed by atoms with E-state index in [1.165, 1.54) is 12.1 Å². The Labute approximate surface area is 133 Å². The van der Waals surface area contributed by atoms with Crippen molar-refractivity contribution in [3.63, 3.8) is 0 Å². The number of nitrogens with zero attached hydrogens (tertiary/aromatic N) is 1. The summed E-state index contributed by atoms with van der Waals surface area (Å²) in [5.74, 6) is 0.600. The van der Waals surface area contributed by atoms with Gasteiger partial charge in [0.2, 0.25) is 0 Å². The lowest BCUT2D eigenvalue weighted by Gasteiger charge is -2.24. The molecule has 2 aliphatic rings. The average Bonchev–Trinajstić information content (AvgIpc) is 3.12. The molecular weight excluding hydrogens is 297 g/mol.